The Balaban J connectivity index is 2.86. The van der Waals surface area contributed by atoms with E-state index in [9.17, 15) is 4.48 Å². The second-order valence-corrected chi connectivity index (χ2v) is 1.67. The second-order valence-electron chi connectivity index (χ2n) is 1.67. The summed E-state index contributed by atoms with van der Waals surface area (Å²) in [5.74, 6) is 0. The molecule has 0 aliphatic rings. The van der Waals surface area contributed by atoms with Crippen molar-refractivity contribution in [1.29, 1.82) is 0 Å². The van der Waals surface area contributed by atoms with Gasteiger partial charge in [-0.3, -0.25) is 0 Å². The van der Waals surface area contributed by atoms with E-state index in [0.717, 1.165) is 0 Å². The number of ether oxygens (including phenoxy) is 1. The molecule has 0 amide bonds. The predicted molar refractivity (Wildman–Crippen MR) is 30.2 cm³/mol. The van der Waals surface area contributed by atoms with Crippen molar-refractivity contribution in [3.05, 3.63) is 0 Å². The van der Waals surface area contributed by atoms with E-state index in [1.807, 2.05) is 6.92 Å². The van der Waals surface area contributed by atoms with Crippen molar-refractivity contribution >= 4 is 0 Å². The molecule has 0 bridgehead atoms. The van der Waals surface area contributed by atoms with E-state index in [4.69, 9.17) is 4.74 Å². The quantitative estimate of drug-likeness (QED) is 0.557. The molecule has 0 aromatic heterocycles. The summed E-state index contributed by atoms with van der Waals surface area (Å²) in [5.41, 5.74) is 1.57. The Morgan fingerprint density at radius 1 is 1.75 bits per heavy atom. The molecule has 0 fully saturated rings. The maximum absolute atomic E-state index is 11.4. The van der Waals surface area contributed by atoms with Crippen LogP contribution in [0, 0.1) is 0 Å². The topological polar surface area (TPSA) is 21.3 Å². The molecule has 3 heteroatoms. The van der Waals surface area contributed by atoms with E-state index in [-0.39, 0.29) is 6.04 Å². The number of hydrogen-bond donors (Lipinski definition) is 1. The minimum atomic E-state index is -0.185. The van der Waals surface area contributed by atoms with Crippen molar-refractivity contribution in [3.63, 3.8) is 0 Å². The summed E-state index contributed by atoms with van der Waals surface area (Å²) in [4.78, 5) is 0. The Hall–Kier alpha value is -0.150. The van der Waals surface area contributed by atoms with Crippen molar-refractivity contribution in [2.75, 3.05) is 13.2 Å². The summed E-state index contributed by atoms with van der Waals surface area (Å²) in [6.45, 7) is 4.68. The fourth-order valence-electron chi connectivity index (χ4n) is 0.326. The highest BCUT2D eigenvalue weighted by Gasteiger charge is 1.96. The first-order chi connectivity index (χ1) is 3.81. The van der Waals surface area contributed by atoms with Gasteiger partial charge in [0.15, 0.2) is 0 Å². The van der Waals surface area contributed by atoms with Gasteiger partial charge in [0.05, 0.1) is 12.6 Å². The predicted octanol–water partition coefficient (Wildman–Crippen LogP) is 0.885. The van der Waals surface area contributed by atoms with Gasteiger partial charge in [-0.15, -0.1) is 4.48 Å². The monoisotopic (exact) mass is 121 g/mol. The zero-order valence-electron chi connectivity index (χ0n) is 5.28. The Bertz CT molecular complexity index is 51.7. The zero-order chi connectivity index (χ0) is 6.41. The first-order valence-electron chi connectivity index (χ1n) is 2.75. The fourth-order valence-corrected chi connectivity index (χ4v) is 0.326. The van der Waals surface area contributed by atoms with Gasteiger partial charge < -0.3 is 4.74 Å². The second kappa shape index (κ2) is 5.00. The standard InChI is InChI=1S/C5H12FNO/c1-3-8-4-5(2)7-6/h5,7H,3-4H2,1-2H3. The minimum absolute atomic E-state index is 0.185. The third-order valence-electron chi connectivity index (χ3n) is 0.758. The van der Waals surface area contributed by atoms with Gasteiger partial charge in [0.1, 0.15) is 0 Å². The van der Waals surface area contributed by atoms with Gasteiger partial charge in [0.2, 0.25) is 0 Å². The summed E-state index contributed by atoms with van der Waals surface area (Å²) >= 11 is 0. The average Bonchev–Trinajstić information content (AvgIpc) is 1.83. The van der Waals surface area contributed by atoms with Crippen LogP contribution in [0.1, 0.15) is 13.8 Å². The van der Waals surface area contributed by atoms with Crippen LogP contribution in [0.15, 0.2) is 0 Å². The van der Waals surface area contributed by atoms with E-state index in [2.05, 4.69) is 0 Å². The van der Waals surface area contributed by atoms with Gasteiger partial charge in [-0.2, -0.15) is 5.54 Å². The molecule has 1 N–H and O–H groups in total. The molecule has 0 saturated carbocycles. The normalized spacial score (nSPS) is 13.9. The van der Waals surface area contributed by atoms with Gasteiger partial charge in [0.25, 0.3) is 0 Å². The van der Waals surface area contributed by atoms with Crippen LogP contribution in [0.2, 0.25) is 0 Å². The zero-order valence-corrected chi connectivity index (χ0v) is 5.28. The molecule has 0 aromatic rings. The highest BCUT2D eigenvalue weighted by molar-refractivity contribution is 4.48. The Morgan fingerprint density at radius 3 is 2.75 bits per heavy atom. The SMILES string of the molecule is CCOCC(C)NF. The van der Waals surface area contributed by atoms with Gasteiger partial charge in [-0.1, -0.05) is 0 Å². The largest absolute Gasteiger partial charge is 0.380 e. The summed E-state index contributed by atoms with van der Waals surface area (Å²) in [6.07, 6.45) is 0. The lowest BCUT2D eigenvalue weighted by molar-refractivity contribution is 0.103. The Labute approximate surface area is 49.0 Å². The number of rotatable bonds is 4. The van der Waals surface area contributed by atoms with Crippen LogP contribution in [0.3, 0.4) is 0 Å². The van der Waals surface area contributed by atoms with Crippen molar-refractivity contribution in [3.8, 4) is 0 Å². The smallest absolute Gasteiger partial charge is 0.0642 e. The van der Waals surface area contributed by atoms with Crippen LogP contribution < -0.4 is 5.54 Å². The molecule has 0 aliphatic carbocycles. The molecule has 0 heterocycles. The van der Waals surface area contributed by atoms with E-state index in [0.29, 0.717) is 13.2 Å². The van der Waals surface area contributed by atoms with Gasteiger partial charge in [-0.05, 0) is 13.8 Å². The third kappa shape index (κ3) is 4.02. The van der Waals surface area contributed by atoms with Crippen LogP contribution in [-0.4, -0.2) is 19.3 Å². The highest BCUT2D eigenvalue weighted by atomic mass is 19.2. The molecular weight excluding hydrogens is 109 g/mol. The highest BCUT2D eigenvalue weighted by Crippen LogP contribution is 1.82. The number of halogens is 1. The molecule has 0 aliphatic heterocycles. The lowest BCUT2D eigenvalue weighted by Gasteiger charge is -2.04. The molecule has 0 rings (SSSR count). The Morgan fingerprint density at radius 2 is 2.38 bits per heavy atom. The van der Waals surface area contributed by atoms with Crippen LogP contribution >= 0.6 is 0 Å². The van der Waals surface area contributed by atoms with Crippen LogP contribution in [0.5, 0.6) is 0 Å². The lowest BCUT2D eigenvalue weighted by Crippen LogP contribution is -2.23. The van der Waals surface area contributed by atoms with Crippen LogP contribution in [-0.2, 0) is 4.74 Å². The fraction of sp³-hybridized carbons (Fsp3) is 1.00. The molecule has 0 saturated heterocycles. The van der Waals surface area contributed by atoms with Crippen LogP contribution in [0.25, 0.3) is 0 Å². The molecular formula is C5H12FNO. The molecule has 1 atom stereocenters. The third-order valence-corrected chi connectivity index (χ3v) is 0.758. The molecule has 0 aromatic carbocycles. The number of nitrogens with one attached hydrogen (secondary N) is 1. The van der Waals surface area contributed by atoms with Crippen molar-refractivity contribution in [2.45, 2.75) is 19.9 Å². The minimum Gasteiger partial charge on any atom is -0.380 e. The van der Waals surface area contributed by atoms with E-state index >= 15 is 0 Å². The molecule has 0 radical (unpaired) electrons. The van der Waals surface area contributed by atoms with E-state index in [1.165, 1.54) is 0 Å². The average molecular weight is 121 g/mol. The molecule has 2 nitrogen and oxygen atoms in total. The molecule has 8 heavy (non-hydrogen) atoms. The summed E-state index contributed by atoms with van der Waals surface area (Å²) < 4.78 is 16.3. The number of hydrogen-bond acceptors (Lipinski definition) is 2. The maximum Gasteiger partial charge on any atom is 0.0642 e. The molecule has 1 unspecified atom stereocenters. The lowest BCUT2D eigenvalue weighted by atomic mass is 10.4. The van der Waals surface area contributed by atoms with Gasteiger partial charge >= 0.3 is 0 Å². The molecule has 0 spiro atoms. The summed E-state index contributed by atoms with van der Waals surface area (Å²) in [6, 6.07) is -0.185. The van der Waals surface area contributed by atoms with E-state index in [1.54, 1.807) is 12.5 Å². The first kappa shape index (κ1) is 7.85. The van der Waals surface area contributed by atoms with Crippen LogP contribution in [0.4, 0.5) is 4.48 Å². The van der Waals surface area contributed by atoms with Crippen molar-refractivity contribution in [1.82, 2.24) is 5.54 Å². The summed E-state index contributed by atoms with van der Waals surface area (Å²) in [7, 11) is 0. The maximum atomic E-state index is 11.4. The van der Waals surface area contributed by atoms with E-state index < -0.39 is 0 Å². The van der Waals surface area contributed by atoms with Gasteiger partial charge in [-0.25, -0.2) is 0 Å². The van der Waals surface area contributed by atoms with Crippen molar-refractivity contribution in [2.24, 2.45) is 0 Å². The summed E-state index contributed by atoms with van der Waals surface area (Å²) in [5, 5.41) is 0. The first-order valence-corrected chi connectivity index (χ1v) is 2.75. The Kier molecular flexibility index (Phi) is 4.90. The van der Waals surface area contributed by atoms with Gasteiger partial charge in [0, 0.05) is 6.61 Å². The van der Waals surface area contributed by atoms with Crippen molar-refractivity contribution < 1.29 is 9.22 Å². The molecule has 50 valence electrons.